The molecule has 0 saturated heterocycles. The van der Waals surface area contributed by atoms with E-state index in [-0.39, 0.29) is 6.61 Å². The van der Waals surface area contributed by atoms with E-state index in [0.717, 1.165) is 35.2 Å². The van der Waals surface area contributed by atoms with Crippen LogP contribution in [0.2, 0.25) is 0 Å². The number of hydrogen-bond acceptors (Lipinski definition) is 5. The fourth-order valence-corrected chi connectivity index (χ4v) is 2.59. The van der Waals surface area contributed by atoms with E-state index in [1.165, 1.54) is 0 Å². The molecule has 0 aliphatic carbocycles. The molecule has 0 aliphatic heterocycles. The molecule has 4 nitrogen and oxygen atoms in total. The van der Waals surface area contributed by atoms with Gasteiger partial charge in [0.15, 0.2) is 5.13 Å². The van der Waals surface area contributed by atoms with Crippen molar-refractivity contribution in [3.05, 3.63) is 10.6 Å². The van der Waals surface area contributed by atoms with Crippen molar-refractivity contribution >= 4 is 16.5 Å². The number of hydrogen-bond donors (Lipinski definition) is 1. The Morgan fingerprint density at radius 3 is 2.62 bits per heavy atom. The van der Waals surface area contributed by atoms with E-state index < -0.39 is 0 Å². The smallest absolute Gasteiger partial charge is 0.185 e. The third kappa shape index (κ3) is 3.17. The standard InChI is InChI=1S/C11H20N2O2S/c1-4-9-10(8-14)16-11(12-9)13(5-2)6-7-15-3/h14H,4-8H2,1-3H3. The minimum atomic E-state index is 0.0860. The first-order chi connectivity index (χ1) is 7.76. The van der Waals surface area contributed by atoms with E-state index >= 15 is 0 Å². The molecule has 0 amide bonds. The summed E-state index contributed by atoms with van der Waals surface area (Å²) in [4.78, 5) is 7.71. The number of aromatic nitrogens is 1. The Labute approximate surface area is 101 Å². The van der Waals surface area contributed by atoms with Gasteiger partial charge < -0.3 is 14.7 Å². The number of methoxy groups -OCH3 is 1. The molecular weight excluding hydrogens is 224 g/mol. The molecule has 1 aromatic rings. The highest BCUT2D eigenvalue weighted by molar-refractivity contribution is 7.15. The number of aryl methyl sites for hydroxylation is 1. The minimum Gasteiger partial charge on any atom is -0.391 e. The van der Waals surface area contributed by atoms with E-state index in [9.17, 15) is 5.11 Å². The molecule has 16 heavy (non-hydrogen) atoms. The highest BCUT2D eigenvalue weighted by Crippen LogP contribution is 2.26. The van der Waals surface area contributed by atoms with Crippen molar-refractivity contribution in [1.29, 1.82) is 0 Å². The van der Waals surface area contributed by atoms with Gasteiger partial charge in [0, 0.05) is 20.2 Å². The Kier molecular flexibility index (Phi) is 5.73. The Balaban J connectivity index is 2.79. The lowest BCUT2D eigenvalue weighted by atomic mass is 10.3. The zero-order valence-corrected chi connectivity index (χ0v) is 11.0. The summed E-state index contributed by atoms with van der Waals surface area (Å²) >= 11 is 1.58. The SMILES string of the molecule is CCc1nc(N(CC)CCOC)sc1CO. The number of likely N-dealkylation sites (N-methyl/N-ethyl adjacent to an activating group) is 1. The summed E-state index contributed by atoms with van der Waals surface area (Å²) in [5, 5.41) is 10.2. The van der Waals surface area contributed by atoms with Crippen LogP contribution in [0, 0.1) is 0 Å². The van der Waals surface area contributed by atoms with Crippen LogP contribution < -0.4 is 4.90 Å². The topological polar surface area (TPSA) is 45.6 Å². The lowest BCUT2D eigenvalue weighted by molar-refractivity contribution is 0.205. The maximum absolute atomic E-state index is 9.22. The van der Waals surface area contributed by atoms with Crippen molar-refractivity contribution in [3.8, 4) is 0 Å². The third-order valence-electron chi connectivity index (χ3n) is 2.46. The number of anilines is 1. The van der Waals surface area contributed by atoms with Crippen molar-refractivity contribution in [1.82, 2.24) is 4.98 Å². The molecule has 0 radical (unpaired) electrons. The van der Waals surface area contributed by atoms with Crippen molar-refractivity contribution in [3.63, 3.8) is 0 Å². The molecule has 0 bridgehead atoms. The van der Waals surface area contributed by atoms with Crippen LogP contribution in [0.1, 0.15) is 24.4 Å². The van der Waals surface area contributed by atoms with Gasteiger partial charge in [-0.2, -0.15) is 0 Å². The van der Waals surface area contributed by atoms with Gasteiger partial charge in [-0.15, -0.1) is 0 Å². The van der Waals surface area contributed by atoms with Gasteiger partial charge in [-0.05, 0) is 13.3 Å². The highest BCUT2D eigenvalue weighted by Gasteiger charge is 2.13. The first-order valence-corrected chi connectivity index (χ1v) is 6.41. The highest BCUT2D eigenvalue weighted by atomic mass is 32.1. The van der Waals surface area contributed by atoms with Gasteiger partial charge in [-0.3, -0.25) is 0 Å². The molecule has 0 fully saturated rings. The van der Waals surface area contributed by atoms with Gasteiger partial charge in [-0.1, -0.05) is 18.3 Å². The quantitative estimate of drug-likeness (QED) is 0.792. The monoisotopic (exact) mass is 244 g/mol. The molecule has 1 N–H and O–H groups in total. The van der Waals surface area contributed by atoms with Crippen LogP contribution in [0.15, 0.2) is 0 Å². The Morgan fingerprint density at radius 1 is 1.44 bits per heavy atom. The van der Waals surface area contributed by atoms with Crippen LogP contribution in [-0.4, -0.2) is 36.9 Å². The first kappa shape index (κ1) is 13.4. The molecule has 1 rings (SSSR count). The van der Waals surface area contributed by atoms with Crippen LogP contribution in [-0.2, 0) is 17.8 Å². The fraction of sp³-hybridized carbons (Fsp3) is 0.727. The van der Waals surface area contributed by atoms with Crippen LogP contribution in [0.4, 0.5) is 5.13 Å². The second-order valence-corrected chi connectivity index (χ2v) is 4.51. The van der Waals surface area contributed by atoms with Crippen LogP contribution in [0.5, 0.6) is 0 Å². The van der Waals surface area contributed by atoms with Gasteiger partial charge in [0.25, 0.3) is 0 Å². The summed E-state index contributed by atoms with van der Waals surface area (Å²) in [7, 11) is 1.70. The predicted octanol–water partition coefficient (Wildman–Crippen LogP) is 1.67. The lowest BCUT2D eigenvalue weighted by Crippen LogP contribution is -2.26. The number of thiazole rings is 1. The maximum atomic E-state index is 9.22. The number of nitrogens with zero attached hydrogens (tertiary/aromatic N) is 2. The first-order valence-electron chi connectivity index (χ1n) is 5.60. The van der Waals surface area contributed by atoms with Gasteiger partial charge in [-0.25, -0.2) is 4.98 Å². The fourth-order valence-electron chi connectivity index (χ4n) is 1.50. The number of aliphatic hydroxyl groups is 1. The van der Waals surface area contributed by atoms with Crippen LogP contribution in [0.3, 0.4) is 0 Å². The lowest BCUT2D eigenvalue weighted by Gasteiger charge is -2.18. The van der Waals surface area contributed by atoms with Gasteiger partial charge in [0.1, 0.15) is 0 Å². The minimum absolute atomic E-state index is 0.0860. The molecular formula is C11H20N2O2S. The van der Waals surface area contributed by atoms with Crippen molar-refractivity contribution < 1.29 is 9.84 Å². The van der Waals surface area contributed by atoms with E-state index in [1.807, 2.05) is 0 Å². The molecule has 0 atom stereocenters. The van der Waals surface area contributed by atoms with E-state index in [4.69, 9.17) is 4.74 Å². The second kappa shape index (κ2) is 6.83. The average Bonchev–Trinajstić information content (AvgIpc) is 2.73. The van der Waals surface area contributed by atoms with Gasteiger partial charge in [0.2, 0.25) is 0 Å². The maximum Gasteiger partial charge on any atom is 0.185 e. The van der Waals surface area contributed by atoms with Crippen molar-refractivity contribution in [2.75, 3.05) is 31.7 Å². The summed E-state index contributed by atoms with van der Waals surface area (Å²) < 4.78 is 5.07. The molecule has 0 spiro atoms. The van der Waals surface area contributed by atoms with Crippen LogP contribution >= 0.6 is 11.3 Å². The van der Waals surface area contributed by atoms with Crippen molar-refractivity contribution in [2.24, 2.45) is 0 Å². The molecule has 0 saturated carbocycles. The molecule has 0 aliphatic rings. The largest absolute Gasteiger partial charge is 0.391 e. The zero-order chi connectivity index (χ0) is 12.0. The van der Waals surface area contributed by atoms with E-state index in [2.05, 4.69) is 23.7 Å². The van der Waals surface area contributed by atoms with Gasteiger partial charge >= 0.3 is 0 Å². The molecule has 1 heterocycles. The molecule has 0 unspecified atom stereocenters. The van der Waals surface area contributed by atoms with Crippen LogP contribution in [0.25, 0.3) is 0 Å². The van der Waals surface area contributed by atoms with E-state index in [0.29, 0.717) is 6.61 Å². The Bertz CT molecular complexity index is 293. The normalized spacial score (nSPS) is 10.8. The summed E-state index contributed by atoms with van der Waals surface area (Å²) in [5.41, 5.74) is 1.01. The summed E-state index contributed by atoms with van der Waals surface area (Å²) in [6.45, 7) is 6.69. The number of rotatable bonds is 7. The predicted molar refractivity (Wildman–Crippen MR) is 67.2 cm³/mol. The summed E-state index contributed by atoms with van der Waals surface area (Å²) in [5.74, 6) is 0. The van der Waals surface area contributed by atoms with E-state index in [1.54, 1.807) is 18.4 Å². The third-order valence-corrected chi connectivity index (χ3v) is 3.61. The molecule has 0 aromatic carbocycles. The second-order valence-electron chi connectivity index (χ2n) is 3.45. The summed E-state index contributed by atoms with van der Waals surface area (Å²) in [6.07, 6.45) is 0.869. The molecule has 5 heteroatoms. The number of aliphatic hydroxyl groups excluding tert-OH is 1. The van der Waals surface area contributed by atoms with Crippen molar-refractivity contribution in [2.45, 2.75) is 26.9 Å². The average molecular weight is 244 g/mol. The molecule has 92 valence electrons. The molecule has 1 aromatic heterocycles. The summed E-state index contributed by atoms with van der Waals surface area (Å²) in [6, 6.07) is 0. The zero-order valence-electron chi connectivity index (χ0n) is 10.2. The number of ether oxygens (including phenoxy) is 1. The Hall–Kier alpha value is -0.650. The van der Waals surface area contributed by atoms with Gasteiger partial charge in [0.05, 0.1) is 23.8 Å². The Morgan fingerprint density at radius 2 is 2.19 bits per heavy atom.